The van der Waals surface area contributed by atoms with E-state index in [1.54, 1.807) is 113 Å². The van der Waals surface area contributed by atoms with E-state index in [-0.39, 0.29) is 154 Å². The lowest BCUT2D eigenvalue weighted by molar-refractivity contribution is -0.185. The number of hydrogen-bond acceptors (Lipinski definition) is 28. The maximum Gasteiger partial charge on any atom is 0.259 e. The molecule has 14 atom stereocenters. The average molecular weight is 1780 g/mol. The quantitative estimate of drug-likeness (QED) is 0.127. The molecule has 7 N–H and O–H groups in total. The van der Waals surface area contributed by atoms with Gasteiger partial charge in [-0.05, 0) is 226 Å². The first kappa shape index (κ1) is 106. The molecule has 0 aliphatic carbocycles. The lowest BCUT2D eigenvalue weighted by Gasteiger charge is -2.48. The van der Waals surface area contributed by atoms with E-state index in [1.807, 2.05) is 105 Å². The number of hydrogen-bond donors (Lipinski definition) is 7. The van der Waals surface area contributed by atoms with Gasteiger partial charge in [-0.2, -0.15) is 0 Å². The molecule has 10 fully saturated rings. The van der Waals surface area contributed by atoms with E-state index in [1.165, 1.54) is 47.7 Å². The molecule has 2 aromatic rings. The molecule has 9 amide bonds. The van der Waals surface area contributed by atoms with E-state index in [4.69, 9.17) is 0 Å². The standard InChI is InChI=1S/C15H21N3O2.C14H18N2O2S.C12H19N3O3.C12H21N3O2.C11H17N3O3.C11H19N3O2.C10H17N3O2.2C2H6/c1-10(11(2)19)18-14-8-6-5-7-13(14)17(4)9-12(16-3)15(18)20;1-9(10(2)17)16-12-6-4-5-7-13(12)19-8-11(15-3)14(16)18;1-8(16)10-4-3-7-14-11(17)6-5-9(13-2)12(18)15(10)14;1-9(16)11-6-4-8-14-7-3-5-10(13-2)12(17)15(11)14;1-7(15)9-4-3-5-13-10(16)6-8(12-2)11(17)14(9)13;1-8(15)10-4-3-6-13-7-5-9(12-2)11(16)14(10)13;1-7(14)9-4-3-5-12-6-8(11-2)10(15)13(9)12;2*1-2/h5-8,10,12,16H,9H2,1-4H3;4-7,9,11,15H,8H2,1-3H3;9-10,13H,3-7H2,1-2H3;10-11,13H,3-8H2,1-2H3;8-9,12H,3-6H2,1-2H3;9-10,12H,3-7H2,1-2H3;8-9,11H,3-6H2,1-2H3;2*1-2H3. The normalized spacial score (nSPS) is 26.5. The van der Waals surface area contributed by atoms with Crippen molar-refractivity contribution in [2.45, 2.75) is 282 Å². The van der Waals surface area contributed by atoms with Crippen molar-refractivity contribution in [2.75, 3.05) is 136 Å². The number of fused-ring (bicyclic) bond motifs is 7. The van der Waals surface area contributed by atoms with Gasteiger partial charge in [-0.1, -0.05) is 52.0 Å². The molecular formula is C89H144N20O16S. The summed E-state index contributed by atoms with van der Waals surface area (Å²) in [5.74, 6) is 0.359. The zero-order chi connectivity index (χ0) is 93.8. The van der Waals surface area contributed by atoms with Crippen molar-refractivity contribution in [1.82, 2.24) is 87.3 Å². The van der Waals surface area contributed by atoms with Crippen LogP contribution in [-0.2, 0) is 76.7 Å². The fraction of sp³-hybridized carbons (Fsp3) is 0.685. The second kappa shape index (κ2) is 50.8. The highest BCUT2D eigenvalue weighted by Crippen LogP contribution is 2.38. The van der Waals surface area contributed by atoms with E-state index in [0.717, 1.165) is 125 Å². The van der Waals surface area contributed by atoms with Crippen LogP contribution < -0.4 is 51.9 Å². The molecule has 37 heteroatoms. The molecule has 0 saturated carbocycles. The third kappa shape index (κ3) is 25.6. The third-order valence-electron chi connectivity index (χ3n) is 24.8. The number of nitrogens with one attached hydrogen (secondary N) is 7. The Morgan fingerprint density at radius 1 is 0.341 bits per heavy atom. The summed E-state index contributed by atoms with van der Waals surface area (Å²) in [6.45, 7) is 29.0. The Bertz CT molecular complexity index is 4120. The van der Waals surface area contributed by atoms with Crippen molar-refractivity contribution in [3.8, 4) is 0 Å². The molecule has 2 aromatic carbocycles. The fourth-order valence-corrected chi connectivity index (χ4v) is 18.7. The van der Waals surface area contributed by atoms with Crippen LogP contribution in [0.25, 0.3) is 0 Å². The van der Waals surface area contributed by atoms with Gasteiger partial charge in [0.05, 0.1) is 65.8 Å². The number of amides is 9. The monoisotopic (exact) mass is 1780 g/mol. The number of Topliss-reactive ketones (excluding diaryl/α,β-unsaturated/α-hetero) is 7. The number of carbonyl (C=O) groups is 16. The van der Waals surface area contributed by atoms with Crippen LogP contribution in [0.15, 0.2) is 53.4 Å². The second-order valence-electron chi connectivity index (χ2n) is 32.8. The molecular weight excluding hydrogens is 1640 g/mol. The van der Waals surface area contributed by atoms with Gasteiger partial charge in [0.1, 0.15) is 42.3 Å². The highest BCUT2D eigenvalue weighted by atomic mass is 32.2. The van der Waals surface area contributed by atoms with E-state index in [2.05, 4.69) is 42.2 Å². The number of para-hydroxylation sites is 3. The van der Waals surface area contributed by atoms with Crippen LogP contribution in [0.3, 0.4) is 0 Å². The van der Waals surface area contributed by atoms with Gasteiger partial charge in [-0.3, -0.25) is 112 Å². The Labute approximate surface area is 749 Å². The summed E-state index contributed by atoms with van der Waals surface area (Å²) < 4.78 is 0. The first-order chi connectivity index (χ1) is 60.1. The number of anilines is 3. The van der Waals surface area contributed by atoms with E-state index < -0.39 is 30.2 Å². The minimum Gasteiger partial charge on any atom is -0.371 e. The molecule has 12 aliphatic rings. The SMILES string of the molecule is CC.CC.CNC1CC(=O)N2CCCC(C(C)=O)N2C1=O.CNC1CCC(=O)N2CCCC(C(C)=O)N2C1=O.CNC1CCCN2CCCC(C(C)=O)N2C1=O.CNC1CCN2CCCC(C(C)=O)N2C1=O.CNC1CN(C)c2ccccc2N(C(C)C(C)=O)C1=O.CNC1CN2CCCC(C(C)=O)N2C1=O.CNC1CSc2ccccc2N(C(C)C(C)=O)C1=O. The smallest absolute Gasteiger partial charge is 0.259 e. The minimum absolute atomic E-state index is 0.00935. The molecule has 0 aromatic heterocycles. The molecule has 10 saturated heterocycles. The van der Waals surface area contributed by atoms with E-state index in [0.29, 0.717) is 57.6 Å². The lowest BCUT2D eigenvalue weighted by atomic mass is 9.99. The summed E-state index contributed by atoms with van der Waals surface area (Å²) in [5, 5.41) is 37.7. The Hall–Kier alpha value is -8.89. The van der Waals surface area contributed by atoms with Gasteiger partial charge in [-0.15, -0.1) is 11.8 Å². The Kier molecular flexibility index (Phi) is 42.6. The number of rotatable bonds is 16. The minimum atomic E-state index is -0.501. The average Bonchev–Trinajstić information content (AvgIpc) is 1.21. The summed E-state index contributed by atoms with van der Waals surface area (Å²) in [6, 6.07) is 11.0. The number of ketones is 7. The first-order valence-corrected chi connectivity index (χ1v) is 46.0. The highest BCUT2D eigenvalue weighted by Gasteiger charge is 2.49. The van der Waals surface area contributed by atoms with Crippen LogP contribution >= 0.6 is 11.8 Å². The van der Waals surface area contributed by atoms with Gasteiger partial charge in [0.25, 0.3) is 29.5 Å². The van der Waals surface area contributed by atoms with E-state index >= 15 is 0 Å². The van der Waals surface area contributed by atoms with Crippen LogP contribution in [0.1, 0.15) is 193 Å². The van der Waals surface area contributed by atoms with Gasteiger partial charge in [0.2, 0.25) is 23.6 Å². The third-order valence-corrected chi connectivity index (χ3v) is 26.0. The molecule has 36 nitrogen and oxygen atoms in total. The summed E-state index contributed by atoms with van der Waals surface area (Å²) in [6.07, 6.45) is 11.9. The van der Waals surface area contributed by atoms with Crippen LogP contribution in [0.4, 0.5) is 17.1 Å². The number of nitrogens with zero attached hydrogens (tertiary/aromatic N) is 13. The van der Waals surface area contributed by atoms with Crippen molar-refractivity contribution in [1.29, 1.82) is 0 Å². The molecule has 0 spiro atoms. The van der Waals surface area contributed by atoms with Gasteiger partial charge in [-0.25, -0.2) is 25.0 Å². The number of likely N-dealkylation sites (N-methyl/N-ethyl adjacent to an activating group) is 8. The molecule has 12 aliphatic heterocycles. The van der Waals surface area contributed by atoms with Crippen LogP contribution in [-0.4, -0.2) is 349 Å². The van der Waals surface area contributed by atoms with Crippen molar-refractivity contribution in [3.05, 3.63) is 48.5 Å². The zero-order valence-corrected chi connectivity index (χ0v) is 79.2. The molecule has 0 bridgehead atoms. The van der Waals surface area contributed by atoms with Gasteiger partial charge >= 0.3 is 0 Å². The van der Waals surface area contributed by atoms with Gasteiger partial charge in [0.15, 0.2) is 40.5 Å². The topological polar surface area (TPSA) is 399 Å². The molecule has 14 rings (SSSR count). The fourth-order valence-electron chi connectivity index (χ4n) is 17.6. The Morgan fingerprint density at radius 3 is 1.11 bits per heavy atom. The van der Waals surface area contributed by atoms with Gasteiger partial charge < -0.3 is 42.1 Å². The first-order valence-electron chi connectivity index (χ1n) is 45.0. The van der Waals surface area contributed by atoms with Crippen molar-refractivity contribution in [3.63, 3.8) is 0 Å². The molecule has 126 heavy (non-hydrogen) atoms. The summed E-state index contributed by atoms with van der Waals surface area (Å²) in [4.78, 5) is 198. The second-order valence-corrected chi connectivity index (χ2v) is 33.9. The summed E-state index contributed by atoms with van der Waals surface area (Å²) in [5.41, 5.74) is 2.59. The zero-order valence-electron chi connectivity index (χ0n) is 78.3. The molecule has 702 valence electrons. The number of hydrazine groups is 5. The number of benzene rings is 2. The van der Waals surface area contributed by atoms with Crippen LogP contribution in [0, 0.1) is 0 Å². The van der Waals surface area contributed by atoms with Crippen LogP contribution in [0.2, 0.25) is 0 Å². The van der Waals surface area contributed by atoms with Crippen molar-refractivity contribution >= 4 is 122 Å². The number of carbonyl (C=O) groups excluding carboxylic acids is 16. The van der Waals surface area contributed by atoms with Crippen LogP contribution in [0.5, 0.6) is 0 Å². The van der Waals surface area contributed by atoms with E-state index in [9.17, 15) is 76.7 Å². The maximum absolute atomic E-state index is 12.7. The Balaban J connectivity index is 0.000000226. The van der Waals surface area contributed by atoms with Gasteiger partial charge in [0, 0.05) is 83.0 Å². The highest BCUT2D eigenvalue weighted by molar-refractivity contribution is 7.99. The molecule has 12 heterocycles. The lowest BCUT2D eigenvalue weighted by Crippen LogP contribution is -2.67. The summed E-state index contributed by atoms with van der Waals surface area (Å²) >= 11 is 1.64. The molecule has 14 unspecified atom stereocenters. The van der Waals surface area contributed by atoms with Crippen molar-refractivity contribution < 1.29 is 76.7 Å². The maximum atomic E-state index is 12.7. The predicted molar refractivity (Wildman–Crippen MR) is 483 cm³/mol. The Morgan fingerprint density at radius 2 is 0.667 bits per heavy atom. The number of thioether (sulfide) groups is 1. The van der Waals surface area contributed by atoms with Crippen molar-refractivity contribution in [2.24, 2.45) is 0 Å². The predicted octanol–water partition coefficient (Wildman–Crippen LogP) is 3.10. The molecule has 0 radical (unpaired) electrons. The summed E-state index contributed by atoms with van der Waals surface area (Å²) in [7, 11) is 14.2. The largest absolute Gasteiger partial charge is 0.371 e.